The van der Waals surface area contributed by atoms with Gasteiger partial charge in [0.25, 0.3) is 0 Å². The van der Waals surface area contributed by atoms with E-state index in [1.165, 1.54) is 12.1 Å². The first-order chi connectivity index (χ1) is 7.36. The lowest BCUT2D eigenvalue weighted by Crippen LogP contribution is -2.11. The molecule has 0 bridgehead atoms. The van der Waals surface area contributed by atoms with Gasteiger partial charge in [0, 0.05) is 21.8 Å². The van der Waals surface area contributed by atoms with Crippen LogP contribution in [0.1, 0.15) is 11.1 Å². The predicted octanol–water partition coefficient (Wildman–Crippen LogP) is 3.29. The number of nitriles is 1. The fourth-order valence-corrected chi connectivity index (χ4v) is 1.51. The third-order valence-corrected chi connectivity index (χ3v) is 2.31. The molecule has 0 heterocycles. The highest BCUT2D eigenvalue weighted by molar-refractivity contribution is 9.10. The maximum atomic E-state index is 12.6. The normalized spacial score (nSPS) is 12.3. The summed E-state index contributed by atoms with van der Waals surface area (Å²) in [6.45, 7) is 0. The van der Waals surface area contributed by atoms with E-state index in [9.17, 15) is 13.2 Å². The first-order valence-electron chi connectivity index (χ1n) is 4.08. The molecule has 2 nitrogen and oxygen atoms in total. The van der Waals surface area contributed by atoms with Gasteiger partial charge in [-0.25, -0.2) is 0 Å². The second kappa shape index (κ2) is 4.58. The molecule has 0 unspecified atom stereocenters. The number of nitrogens with two attached hydrogens (primary N) is 1. The molecule has 0 aromatic heterocycles. The molecule has 0 atom stereocenters. The van der Waals surface area contributed by atoms with Crippen LogP contribution < -0.4 is 5.73 Å². The second-order valence-corrected chi connectivity index (χ2v) is 3.83. The Morgan fingerprint density at radius 3 is 2.56 bits per heavy atom. The lowest BCUT2D eigenvalue weighted by molar-refractivity contribution is -0.137. The molecule has 0 saturated carbocycles. The smallest absolute Gasteiger partial charge is 0.398 e. The molecule has 0 fully saturated rings. The van der Waals surface area contributed by atoms with E-state index in [2.05, 4.69) is 15.9 Å². The van der Waals surface area contributed by atoms with Crippen LogP contribution >= 0.6 is 15.9 Å². The molecular weight excluding hydrogens is 285 g/mol. The third kappa shape index (κ3) is 2.76. The summed E-state index contributed by atoms with van der Waals surface area (Å²) < 4.78 is 38.2. The van der Waals surface area contributed by atoms with Crippen molar-refractivity contribution in [3.63, 3.8) is 0 Å². The van der Waals surface area contributed by atoms with Crippen molar-refractivity contribution >= 4 is 21.6 Å². The molecule has 2 N–H and O–H groups in total. The standard InChI is InChI=1S/C10H6BrF3N2/c11-6-1-2-7(9(16)3-4-15)8(5-6)10(12,13)14/h1-3,5H,16H2/b9-3+. The van der Waals surface area contributed by atoms with Gasteiger partial charge in [-0.15, -0.1) is 0 Å². The molecule has 1 rings (SSSR count). The molecule has 0 spiro atoms. The van der Waals surface area contributed by atoms with E-state index in [0.29, 0.717) is 4.47 Å². The quantitative estimate of drug-likeness (QED) is 0.807. The van der Waals surface area contributed by atoms with Crippen molar-refractivity contribution in [2.24, 2.45) is 5.73 Å². The molecule has 0 radical (unpaired) electrons. The van der Waals surface area contributed by atoms with Crippen LogP contribution in [-0.2, 0) is 6.18 Å². The summed E-state index contributed by atoms with van der Waals surface area (Å²) in [4.78, 5) is 0. The first-order valence-corrected chi connectivity index (χ1v) is 4.88. The molecule has 0 saturated heterocycles. The summed E-state index contributed by atoms with van der Waals surface area (Å²) >= 11 is 2.95. The van der Waals surface area contributed by atoms with Crippen molar-refractivity contribution in [3.8, 4) is 6.07 Å². The summed E-state index contributed by atoms with van der Waals surface area (Å²) in [6, 6.07) is 5.17. The average molecular weight is 291 g/mol. The second-order valence-electron chi connectivity index (χ2n) is 2.92. The van der Waals surface area contributed by atoms with Crippen LogP contribution in [0.15, 0.2) is 28.7 Å². The van der Waals surface area contributed by atoms with E-state index in [0.717, 1.165) is 12.1 Å². The van der Waals surface area contributed by atoms with Crippen molar-refractivity contribution in [2.75, 3.05) is 0 Å². The Balaban J connectivity index is 3.42. The van der Waals surface area contributed by atoms with E-state index in [1.807, 2.05) is 0 Å². The monoisotopic (exact) mass is 290 g/mol. The molecule has 0 aliphatic rings. The van der Waals surface area contributed by atoms with Gasteiger partial charge in [0.1, 0.15) is 0 Å². The van der Waals surface area contributed by atoms with Crippen LogP contribution in [0.25, 0.3) is 5.70 Å². The number of rotatable bonds is 1. The molecule has 0 aliphatic carbocycles. The van der Waals surface area contributed by atoms with Crippen LogP contribution in [0, 0.1) is 11.3 Å². The van der Waals surface area contributed by atoms with Crippen LogP contribution in [0.3, 0.4) is 0 Å². The van der Waals surface area contributed by atoms with Crippen molar-refractivity contribution < 1.29 is 13.2 Å². The Morgan fingerprint density at radius 1 is 1.44 bits per heavy atom. The highest BCUT2D eigenvalue weighted by atomic mass is 79.9. The molecule has 1 aromatic rings. The van der Waals surface area contributed by atoms with Crippen molar-refractivity contribution in [1.29, 1.82) is 5.26 Å². The van der Waals surface area contributed by atoms with E-state index >= 15 is 0 Å². The van der Waals surface area contributed by atoms with Gasteiger partial charge in [-0.2, -0.15) is 18.4 Å². The summed E-state index contributed by atoms with van der Waals surface area (Å²) in [5.41, 5.74) is 4.10. The number of alkyl halides is 3. The minimum atomic E-state index is -4.51. The molecule has 0 amide bonds. The van der Waals surface area contributed by atoms with Crippen LogP contribution in [0.5, 0.6) is 0 Å². The number of hydrogen-bond acceptors (Lipinski definition) is 2. The van der Waals surface area contributed by atoms with E-state index in [1.54, 1.807) is 6.07 Å². The molecular formula is C10H6BrF3N2. The number of hydrogen-bond donors (Lipinski definition) is 1. The highest BCUT2D eigenvalue weighted by Crippen LogP contribution is 2.35. The highest BCUT2D eigenvalue weighted by Gasteiger charge is 2.34. The van der Waals surface area contributed by atoms with Gasteiger partial charge >= 0.3 is 6.18 Å². The van der Waals surface area contributed by atoms with E-state index in [-0.39, 0.29) is 11.3 Å². The zero-order chi connectivity index (χ0) is 12.3. The van der Waals surface area contributed by atoms with Gasteiger partial charge in [-0.3, -0.25) is 0 Å². The fraction of sp³-hybridized carbons (Fsp3) is 0.100. The largest absolute Gasteiger partial charge is 0.417 e. The molecule has 16 heavy (non-hydrogen) atoms. The van der Waals surface area contributed by atoms with Crippen LogP contribution in [0.2, 0.25) is 0 Å². The Labute approximate surface area is 98.3 Å². The Hall–Kier alpha value is -1.48. The van der Waals surface area contributed by atoms with Gasteiger partial charge in [-0.1, -0.05) is 22.0 Å². The number of benzene rings is 1. The lowest BCUT2D eigenvalue weighted by Gasteiger charge is -2.12. The molecule has 6 heteroatoms. The van der Waals surface area contributed by atoms with E-state index < -0.39 is 11.7 Å². The van der Waals surface area contributed by atoms with Gasteiger partial charge in [0.2, 0.25) is 0 Å². The Kier molecular flexibility index (Phi) is 3.60. The van der Waals surface area contributed by atoms with Gasteiger partial charge in [-0.05, 0) is 12.1 Å². The van der Waals surface area contributed by atoms with Gasteiger partial charge in [0.15, 0.2) is 0 Å². The Bertz CT molecular complexity index is 472. The van der Waals surface area contributed by atoms with Crippen molar-refractivity contribution in [1.82, 2.24) is 0 Å². The maximum absolute atomic E-state index is 12.6. The predicted molar refractivity (Wildman–Crippen MR) is 56.9 cm³/mol. The minimum Gasteiger partial charge on any atom is -0.398 e. The van der Waals surface area contributed by atoms with Crippen molar-refractivity contribution in [2.45, 2.75) is 6.18 Å². The maximum Gasteiger partial charge on any atom is 0.417 e. The number of allylic oxidation sites excluding steroid dienone is 1. The summed E-state index contributed by atoms with van der Waals surface area (Å²) in [5.74, 6) is 0. The summed E-state index contributed by atoms with van der Waals surface area (Å²) in [5, 5.41) is 8.35. The average Bonchev–Trinajstić information content (AvgIpc) is 2.16. The topological polar surface area (TPSA) is 49.8 Å². The molecule has 1 aromatic carbocycles. The summed E-state index contributed by atoms with van der Waals surface area (Å²) in [6.07, 6.45) is -3.63. The van der Waals surface area contributed by atoms with E-state index in [4.69, 9.17) is 11.0 Å². The lowest BCUT2D eigenvalue weighted by atomic mass is 10.0. The Morgan fingerprint density at radius 2 is 2.06 bits per heavy atom. The zero-order valence-corrected chi connectivity index (χ0v) is 9.43. The van der Waals surface area contributed by atoms with Gasteiger partial charge in [0.05, 0.1) is 11.6 Å². The van der Waals surface area contributed by atoms with Crippen LogP contribution in [-0.4, -0.2) is 0 Å². The number of nitrogens with zero attached hydrogens (tertiary/aromatic N) is 1. The minimum absolute atomic E-state index is 0.197. The summed E-state index contributed by atoms with van der Waals surface area (Å²) in [7, 11) is 0. The zero-order valence-electron chi connectivity index (χ0n) is 7.85. The fourth-order valence-electron chi connectivity index (χ4n) is 1.15. The van der Waals surface area contributed by atoms with Gasteiger partial charge < -0.3 is 5.73 Å². The molecule has 0 aliphatic heterocycles. The van der Waals surface area contributed by atoms with Crippen LogP contribution in [0.4, 0.5) is 13.2 Å². The number of halogens is 4. The first kappa shape index (κ1) is 12.6. The third-order valence-electron chi connectivity index (χ3n) is 1.82. The molecule has 84 valence electrons. The SMILES string of the molecule is N#C/C=C(/N)c1ccc(Br)cc1C(F)(F)F. The van der Waals surface area contributed by atoms with Crippen molar-refractivity contribution in [3.05, 3.63) is 39.9 Å².